The molecule has 5 nitrogen and oxygen atoms in total. The van der Waals surface area contributed by atoms with Crippen molar-refractivity contribution in [3.8, 4) is 5.75 Å². The van der Waals surface area contributed by atoms with Gasteiger partial charge in [-0.2, -0.15) is 0 Å². The number of benzene rings is 2. The first-order valence-corrected chi connectivity index (χ1v) is 9.30. The zero-order valence-corrected chi connectivity index (χ0v) is 16.2. The molecule has 0 aliphatic carbocycles. The van der Waals surface area contributed by atoms with Crippen molar-refractivity contribution < 1.29 is 9.53 Å². The largest absolute Gasteiger partial charge is 0.497 e. The van der Waals surface area contributed by atoms with Gasteiger partial charge in [0, 0.05) is 25.5 Å². The second kappa shape index (κ2) is 9.55. The van der Waals surface area contributed by atoms with Crippen LogP contribution >= 0.6 is 0 Å². The molecule has 2 aromatic carbocycles. The Kier molecular flexibility index (Phi) is 6.63. The summed E-state index contributed by atoms with van der Waals surface area (Å²) in [6.07, 6.45) is 4.07. The van der Waals surface area contributed by atoms with E-state index in [4.69, 9.17) is 4.74 Å². The zero-order valence-electron chi connectivity index (χ0n) is 16.2. The van der Waals surface area contributed by atoms with Crippen molar-refractivity contribution in [1.82, 2.24) is 10.3 Å². The van der Waals surface area contributed by atoms with Gasteiger partial charge in [-0.25, -0.2) is 0 Å². The van der Waals surface area contributed by atoms with Crippen molar-refractivity contribution >= 4 is 11.6 Å². The SMILES string of the molecule is COc1ccc(CCNC(=O)c2cncc(NCc3ccccc3C)c2)cc1. The van der Waals surface area contributed by atoms with E-state index in [0.29, 0.717) is 18.7 Å². The summed E-state index contributed by atoms with van der Waals surface area (Å²) >= 11 is 0. The molecule has 0 atom stereocenters. The lowest BCUT2D eigenvalue weighted by atomic mass is 10.1. The zero-order chi connectivity index (χ0) is 19.8. The van der Waals surface area contributed by atoms with Gasteiger partial charge in [0.05, 0.1) is 18.4 Å². The second-order valence-corrected chi connectivity index (χ2v) is 6.60. The molecule has 0 spiro atoms. The molecular formula is C23H25N3O2. The highest BCUT2D eigenvalue weighted by Gasteiger charge is 2.07. The van der Waals surface area contributed by atoms with Crippen LogP contribution in [0.25, 0.3) is 0 Å². The van der Waals surface area contributed by atoms with E-state index in [1.54, 1.807) is 19.5 Å². The van der Waals surface area contributed by atoms with Crippen molar-refractivity contribution in [3.05, 3.63) is 89.2 Å². The first-order chi connectivity index (χ1) is 13.7. The van der Waals surface area contributed by atoms with Gasteiger partial charge in [0.2, 0.25) is 0 Å². The molecule has 1 aromatic heterocycles. The molecule has 1 amide bonds. The highest BCUT2D eigenvalue weighted by Crippen LogP contribution is 2.13. The van der Waals surface area contributed by atoms with Gasteiger partial charge in [-0.1, -0.05) is 36.4 Å². The lowest BCUT2D eigenvalue weighted by molar-refractivity contribution is 0.0954. The number of aromatic nitrogens is 1. The number of rotatable bonds is 8. The fraction of sp³-hybridized carbons (Fsp3) is 0.217. The van der Waals surface area contributed by atoms with E-state index in [9.17, 15) is 4.79 Å². The van der Waals surface area contributed by atoms with E-state index >= 15 is 0 Å². The minimum atomic E-state index is -0.124. The summed E-state index contributed by atoms with van der Waals surface area (Å²) < 4.78 is 5.15. The van der Waals surface area contributed by atoms with E-state index < -0.39 is 0 Å². The Morgan fingerprint density at radius 3 is 2.61 bits per heavy atom. The number of hydrogen-bond acceptors (Lipinski definition) is 4. The molecule has 0 unspecified atom stereocenters. The summed E-state index contributed by atoms with van der Waals surface area (Å²) in [6.45, 7) is 3.34. The van der Waals surface area contributed by atoms with Crippen molar-refractivity contribution in [1.29, 1.82) is 0 Å². The molecule has 1 heterocycles. The topological polar surface area (TPSA) is 63.2 Å². The quantitative estimate of drug-likeness (QED) is 0.625. The Bertz CT molecular complexity index is 923. The number of carbonyl (C=O) groups excluding carboxylic acids is 1. The van der Waals surface area contributed by atoms with Crippen molar-refractivity contribution in [2.75, 3.05) is 19.0 Å². The van der Waals surface area contributed by atoms with Crippen LogP contribution in [0.5, 0.6) is 5.75 Å². The standard InChI is InChI=1S/C23H25N3O2/c1-17-5-3-4-6-19(17)15-26-21-13-20(14-24-16-21)23(27)25-12-11-18-7-9-22(28-2)10-8-18/h3-10,13-14,16,26H,11-12,15H2,1-2H3,(H,25,27). The molecule has 0 radical (unpaired) electrons. The van der Waals surface area contributed by atoms with Crippen LogP contribution in [-0.4, -0.2) is 24.5 Å². The van der Waals surface area contributed by atoms with Gasteiger partial charge in [-0.05, 0) is 48.2 Å². The van der Waals surface area contributed by atoms with Crippen molar-refractivity contribution in [2.24, 2.45) is 0 Å². The molecule has 5 heteroatoms. The fourth-order valence-electron chi connectivity index (χ4n) is 2.88. The monoisotopic (exact) mass is 375 g/mol. The highest BCUT2D eigenvalue weighted by atomic mass is 16.5. The van der Waals surface area contributed by atoms with Gasteiger partial charge in [0.25, 0.3) is 5.91 Å². The average Bonchev–Trinajstić information content (AvgIpc) is 2.74. The van der Waals surface area contributed by atoms with Crippen LogP contribution in [-0.2, 0) is 13.0 Å². The van der Waals surface area contributed by atoms with Gasteiger partial charge in [0.15, 0.2) is 0 Å². The Labute approximate surface area is 165 Å². The number of methoxy groups -OCH3 is 1. The Hall–Kier alpha value is -3.34. The number of amides is 1. The lowest BCUT2D eigenvalue weighted by Gasteiger charge is -2.10. The molecule has 0 saturated heterocycles. The maximum Gasteiger partial charge on any atom is 0.252 e. The van der Waals surface area contributed by atoms with Gasteiger partial charge < -0.3 is 15.4 Å². The van der Waals surface area contributed by atoms with Crippen LogP contribution in [0, 0.1) is 6.92 Å². The van der Waals surface area contributed by atoms with E-state index in [-0.39, 0.29) is 5.91 Å². The van der Waals surface area contributed by atoms with Gasteiger partial charge >= 0.3 is 0 Å². The maximum atomic E-state index is 12.4. The highest BCUT2D eigenvalue weighted by molar-refractivity contribution is 5.94. The maximum absolute atomic E-state index is 12.4. The molecular weight excluding hydrogens is 350 g/mol. The van der Waals surface area contributed by atoms with Crippen molar-refractivity contribution in [2.45, 2.75) is 19.9 Å². The smallest absolute Gasteiger partial charge is 0.252 e. The third-order valence-electron chi connectivity index (χ3n) is 4.60. The van der Waals surface area contributed by atoms with Gasteiger partial charge in [0.1, 0.15) is 5.75 Å². The Morgan fingerprint density at radius 2 is 1.86 bits per heavy atom. The van der Waals surface area contributed by atoms with Crippen LogP contribution in [0.4, 0.5) is 5.69 Å². The van der Waals surface area contributed by atoms with Crippen LogP contribution in [0.2, 0.25) is 0 Å². The summed E-state index contributed by atoms with van der Waals surface area (Å²) in [5.41, 5.74) is 4.97. The number of aryl methyl sites for hydroxylation is 1. The summed E-state index contributed by atoms with van der Waals surface area (Å²) in [7, 11) is 1.65. The molecule has 3 rings (SSSR count). The number of hydrogen-bond donors (Lipinski definition) is 2. The van der Waals surface area contributed by atoms with E-state index in [0.717, 1.165) is 23.4 Å². The molecule has 2 N–H and O–H groups in total. The van der Waals surface area contributed by atoms with E-state index in [2.05, 4.69) is 34.7 Å². The predicted octanol–water partition coefficient (Wildman–Crippen LogP) is 3.98. The third-order valence-corrected chi connectivity index (χ3v) is 4.60. The number of carbonyl (C=O) groups is 1. The van der Waals surface area contributed by atoms with E-state index in [1.807, 2.05) is 42.5 Å². The number of nitrogens with zero attached hydrogens (tertiary/aromatic N) is 1. The molecule has 144 valence electrons. The minimum absolute atomic E-state index is 0.124. The molecule has 28 heavy (non-hydrogen) atoms. The third kappa shape index (κ3) is 5.33. The summed E-state index contributed by atoms with van der Waals surface area (Å²) in [6, 6.07) is 17.9. The van der Waals surface area contributed by atoms with Crippen LogP contribution < -0.4 is 15.4 Å². The summed E-state index contributed by atoms with van der Waals surface area (Å²) in [4.78, 5) is 16.6. The molecule has 0 bridgehead atoms. The predicted molar refractivity (Wildman–Crippen MR) is 112 cm³/mol. The first kappa shape index (κ1) is 19.4. The number of anilines is 1. The number of pyridine rings is 1. The number of ether oxygens (including phenoxy) is 1. The average molecular weight is 375 g/mol. The lowest BCUT2D eigenvalue weighted by Crippen LogP contribution is -2.25. The van der Waals surface area contributed by atoms with Crippen molar-refractivity contribution in [3.63, 3.8) is 0 Å². The molecule has 3 aromatic rings. The van der Waals surface area contributed by atoms with Crippen LogP contribution in [0.15, 0.2) is 67.0 Å². The molecule has 0 fully saturated rings. The second-order valence-electron chi connectivity index (χ2n) is 6.60. The van der Waals surface area contributed by atoms with Gasteiger partial charge in [-0.15, -0.1) is 0 Å². The Morgan fingerprint density at radius 1 is 1.07 bits per heavy atom. The van der Waals surface area contributed by atoms with E-state index in [1.165, 1.54) is 11.1 Å². The molecule has 0 aliphatic rings. The minimum Gasteiger partial charge on any atom is -0.497 e. The fourth-order valence-corrected chi connectivity index (χ4v) is 2.88. The number of nitrogens with one attached hydrogen (secondary N) is 2. The first-order valence-electron chi connectivity index (χ1n) is 9.30. The molecule has 0 saturated carbocycles. The molecule has 0 aliphatic heterocycles. The van der Waals surface area contributed by atoms with Gasteiger partial charge in [-0.3, -0.25) is 9.78 Å². The normalized spacial score (nSPS) is 10.4. The van der Waals surface area contributed by atoms with Crippen LogP contribution in [0.3, 0.4) is 0 Å². The van der Waals surface area contributed by atoms with Crippen LogP contribution in [0.1, 0.15) is 27.0 Å². The Balaban J connectivity index is 1.52. The summed E-state index contributed by atoms with van der Waals surface area (Å²) in [5, 5.41) is 6.28. The summed E-state index contributed by atoms with van der Waals surface area (Å²) in [5.74, 6) is 0.703.